The number of rotatable bonds is 4. The van der Waals surface area contributed by atoms with Crippen molar-refractivity contribution >= 4 is 17.6 Å². The lowest BCUT2D eigenvalue weighted by Gasteiger charge is -2.34. The van der Waals surface area contributed by atoms with Gasteiger partial charge in [-0.05, 0) is 24.3 Å². The third kappa shape index (κ3) is 4.11. The Labute approximate surface area is 127 Å². The van der Waals surface area contributed by atoms with Gasteiger partial charge in [0.2, 0.25) is 0 Å². The van der Waals surface area contributed by atoms with Gasteiger partial charge < -0.3 is 29.4 Å². The predicted octanol–water partition coefficient (Wildman–Crippen LogP) is -0.572. The first-order valence-electron chi connectivity index (χ1n) is 6.37. The van der Waals surface area contributed by atoms with Crippen molar-refractivity contribution in [1.82, 2.24) is 0 Å². The number of aliphatic hydroxyl groups excluding tert-OH is 1. The summed E-state index contributed by atoms with van der Waals surface area (Å²) in [5.41, 5.74) is 0.211. The van der Waals surface area contributed by atoms with E-state index < -0.39 is 36.2 Å². The second kappa shape index (κ2) is 6.42. The first-order chi connectivity index (χ1) is 10.7. The Morgan fingerprint density at radius 2 is 2.00 bits per heavy atom. The van der Waals surface area contributed by atoms with Crippen LogP contribution < -0.4 is 14.7 Å². The Morgan fingerprint density at radius 3 is 2.52 bits per heavy atom. The summed E-state index contributed by atoms with van der Waals surface area (Å²) in [7, 11) is 0. The summed E-state index contributed by atoms with van der Waals surface area (Å²) < 4.78 is 44.9. The van der Waals surface area contributed by atoms with Crippen LogP contribution in [0.4, 0.5) is 18.9 Å². The minimum atomic E-state index is -4.83. The Bertz CT molecular complexity index is 588. The van der Waals surface area contributed by atoms with E-state index in [1.807, 2.05) is 0 Å². The van der Waals surface area contributed by atoms with Gasteiger partial charge in [0, 0.05) is 12.2 Å². The lowest BCUT2D eigenvalue weighted by atomic mass is 10.1. The van der Waals surface area contributed by atoms with E-state index in [9.17, 15) is 33.0 Å². The molecular formula is C13H11F3NO6-. The second-order valence-electron chi connectivity index (χ2n) is 4.59. The van der Waals surface area contributed by atoms with Crippen molar-refractivity contribution in [2.45, 2.75) is 18.6 Å². The molecule has 0 spiro atoms. The number of amides is 1. The van der Waals surface area contributed by atoms with Gasteiger partial charge in [-0.3, -0.25) is 4.79 Å². The summed E-state index contributed by atoms with van der Waals surface area (Å²) in [6, 6.07) is 4.42. The molecule has 0 radical (unpaired) electrons. The van der Waals surface area contributed by atoms with Crippen LogP contribution in [0.25, 0.3) is 0 Å². The standard InChI is InChI=1S/C13H12F3NO6/c14-13(15,16)23-8-3-1-7(2-4-8)17-5-6-22-10(11(17)19)9(18)12(20)21/h1-4,9-10,18H,5-6H2,(H,20,21)/p-1/t9-,10-/m1/s1. The highest BCUT2D eigenvalue weighted by Crippen LogP contribution is 2.26. The number of carbonyl (C=O) groups excluding carboxylic acids is 2. The van der Waals surface area contributed by atoms with Gasteiger partial charge in [-0.15, -0.1) is 13.2 Å². The molecule has 1 aromatic carbocycles. The fourth-order valence-corrected chi connectivity index (χ4v) is 2.04. The molecule has 1 aliphatic heterocycles. The summed E-state index contributed by atoms with van der Waals surface area (Å²) >= 11 is 0. The van der Waals surface area contributed by atoms with E-state index in [2.05, 4.69) is 4.74 Å². The molecule has 0 aromatic heterocycles. The van der Waals surface area contributed by atoms with E-state index in [1.165, 1.54) is 12.1 Å². The van der Waals surface area contributed by atoms with Crippen molar-refractivity contribution in [2.75, 3.05) is 18.1 Å². The van der Waals surface area contributed by atoms with Crippen LogP contribution in [0.15, 0.2) is 24.3 Å². The van der Waals surface area contributed by atoms with Gasteiger partial charge in [-0.25, -0.2) is 0 Å². The van der Waals surface area contributed by atoms with Gasteiger partial charge in [-0.1, -0.05) is 0 Å². The van der Waals surface area contributed by atoms with E-state index in [1.54, 1.807) is 0 Å². The number of benzene rings is 1. The number of morpholine rings is 1. The maximum atomic E-state index is 12.1. The number of ether oxygens (including phenoxy) is 2. The molecule has 1 N–H and O–H groups in total. The Morgan fingerprint density at radius 1 is 1.39 bits per heavy atom. The highest BCUT2D eigenvalue weighted by Gasteiger charge is 2.36. The highest BCUT2D eigenvalue weighted by molar-refractivity contribution is 5.99. The number of carboxylic acid groups (broad SMARTS) is 1. The van der Waals surface area contributed by atoms with Crippen molar-refractivity contribution in [1.29, 1.82) is 0 Å². The number of hydrogen-bond acceptors (Lipinski definition) is 6. The topological polar surface area (TPSA) is 99.1 Å². The number of halogens is 3. The summed E-state index contributed by atoms with van der Waals surface area (Å²) in [6.07, 6.45) is -8.61. The summed E-state index contributed by atoms with van der Waals surface area (Å²) in [5, 5.41) is 20.0. The maximum Gasteiger partial charge on any atom is 0.573 e. The second-order valence-corrected chi connectivity index (χ2v) is 4.59. The number of carboxylic acids is 1. The normalized spacial score (nSPS) is 20.3. The van der Waals surface area contributed by atoms with Crippen molar-refractivity contribution < 1.29 is 42.4 Å². The van der Waals surface area contributed by atoms with Crippen LogP contribution in [0.2, 0.25) is 0 Å². The van der Waals surface area contributed by atoms with E-state index in [-0.39, 0.29) is 18.8 Å². The van der Waals surface area contributed by atoms with Crippen LogP contribution in [0, 0.1) is 0 Å². The lowest BCUT2D eigenvalue weighted by molar-refractivity contribution is -0.318. The third-order valence-corrected chi connectivity index (χ3v) is 3.03. The molecule has 0 aliphatic carbocycles. The van der Waals surface area contributed by atoms with Crippen LogP contribution in [-0.4, -0.2) is 48.7 Å². The van der Waals surface area contributed by atoms with Crippen LogP contribution >= 0.6 is 0 Å². The van der Waals surface area contributed by atoms with Crippen molar-refractivity contribution in [2.24, 2.45) is 0 Å². The molecule has 2 rings (SSSR count). The van der Waals surface area contributed by atoms with Gasteiger partial charge in [-0.2, -0.15) is 0 Å². The monoisotopic (exact) mass is 334 g/mol. The summed E-state index contributed by atoms with van der Waals surface area (Å²) in [6.45, 7) is -0.00384. The number of aliphatic hydroxyl groups is 1. The average Bonchev–Trinajstić information content (AvgIpc) is 2.46. The predicted molar refractivity (Wildman–Crippen MR) is 66.2 cm³/mol. The smallest absolute Gasteiger partial charge is 0.547 e. The molecule has 126 valence electrons. The van der Waals surface area contributed by atoms with Crippen molar-refractivity contribution in [3.05, 3.63) is 24.3 Å². The third-order valence-electron chi connectivity index (χ3n) is 3.03. The Balaban J connectivity index is 2.14. The van der Waals surface area contributed by atoms with Crippen LogP contribution in [0.3, 0.4) is 0 Å². The number of aliphatic carboxylic acids is 1. The molecule has 0 bridgehead atoms. The van der Waals surface area contributed by atoms with Gasteiger partial charge in [0.15, 0.2) is 6.10 Å². The van der Waals surface area contributed by atoms with Crippen LogP contribution in [0.5, 0.6) is 5.75 Å². The molecule has 1 saturated heterocycles. The summed E-state index contributed by atoms with van der Waals surface area (Å²) in [5.74, 6) is -3.16. The molecule has 1 heterocycles. The molecule has 2 atom stereocenters. The number of carbonyl (C=O) groups is 2. The van der Waals surface area contributed by atoms with E-state index in [0.717, 1.165) is 17.0 Å². The zero-order valence-corrected chi connectivity index (χ0v) is 11.4. The fraction of sp³-hybridized carbons (Fsp3) is 0.385. The van der Waals surface area contributed by atoms with Gasteiger partial charge in [0.25, 0.3) is 5.91 Å². The zero-order valence-electron chi connectivity index (χ0n) is 11.4. The maximum absolute atomic E-state index is 12.1. The first-order valence-corrected chi connectivity index (χ1v) is 6.37. The van der Waals surface area contributed by atoms with Crippen LogP contribution in [-0.2, 0) is 14.3 Å². The van der Waals surface area contributed by atoms with Gasteiger partial charge in [0.05, 0.1) is 12.6 Å². The first kappa shape index (κ1) is 17.0. The minimum Gasteiger partial charge on any atom is -0.547 e. The van der Waals surface area contributed by atoms with Crippen molar-refractivity contribution in [3.8, 4) is 5.75 Å². The zero-order chi connectivity index (χ0) is 17.2. The fourth-order valence-electron chi connectivity index (χ4n) is 2.04. The molecule has 23 heavy (non-hydrogen) atoms. The van der Waals surface area contributed by atoms with E-state index >= 15 is 0 Å². The number of hydrogen-bond donors (Lipinski definition) is 1. The van der Waals surface area contributed by atoms with Crippen LogP contribution in [0.1, 0.15) is 0 Å². The van der Waals surface area contributed by atoms with Gasteiger partial charge in [0.1, 0.15) is 11.9 Å². The lowest BCUT2D eigenvalue weighted by Crippen LogP contribution is -2.57. The SMILES string of the molecule is O=C([O-])[C@H](O)[C@H]1OCCN(c2ccc(OC(F)(F)F)cc2)C1=O. The van der Waals surface area contributed by atoms with E-state index in [0.29, 0.717) is 0 Å². The Hall–Kier alpha value is -2.33. The molecule has 1 aliphatic rings. The average molecular weight is 334 g/mol. The summed E-state index contributed by atoms with van der Waals surface area (Å²) in [4.78, 5) is 23.8. The molecule has 1 fully saturated rings. The number of alkyl halides is 3. The number of nitrogens with zero attached hydrogens (tertiary/aromatic N) is 1. The molecule has 0 saturated carbocycles. The van der Waals surface area contributed by atoms with Crippen molar-refractivity contribution in [3.63, 3.8) is 0 Å². The molecule has 0 unspecified atom stereocenters. The minimum absolute atomic E-state index is 0.0502. The molecule has 10 heteroatoms. The highest BCUT2D eigenvalue weighted by atomic mass is 19.4. The molecule has 1 amide bonds. The molecular weight excluding hydrogens is 323 g/mol. The van der Waals surface area contributed by atoms with Gasteiger partial charge >= 0.3 is 6.36 Å². The quantitative estimate of drug-likeness (QED) is 0.792. The number of anilines is 1. The molecule has 7 nitrogen and oxygen atoms in total. The molecule has 1 aromatic rings. The Kier molecular flexibility index (Phi) is 4.76. The van der Waals surface area contributed by atoms with E-state index in [4.69, 9.17) is 4.74 Å². The largest absolute Gasteiger partial charge is 0.573 e.